The van der Waals surface area contributed by atoms with E-state index in [1.165, 1.54) is 51.4 Å². The predicted octanol–water partition coefficient (Wildman–Crippen LogP) is 4.19. The van der Waals surface area contributed by atoms with Gasteiger partial charge in [-0.15, -0.1) is 0 Å². The number of rotatable bonds is 21. The Morgan fingerprint density at radius 1 is 0.649 bits per heavy atom. The number of carbonyl (C=O) groups excluding carboxylic acids is 2. The third kappa shape index (κ3) is 16.6. The average Bonchev–Trinajstić information content (AvgIpc) is 2.85. The van der Waals surface area contributed by atoms with Crippen LogP contribution in [0.5, 0.6) is 0 Å². The van der Waals surface area contributed by atoms with E-state index in [0.717, 1.165) is 56.7 Å². The molecule has 37 heavy (non-hydrogen) atoms. The van der Waals surface area contributed by atoms with Crippen molar-refractivity contribution in [3.05, 3.63) is 29.3 Å². The minimum Gasteiger partial charge on any atom is -0.744 e. The predicted molar refractivity (Wildman–Crippen MR) is 140 cm³/mol. The first-order chi connectivity index (χ1) is 17.3. The SMILES string of the molecule is CCCCCCCCCCOC(=O)c1ccc(S(=O)(=O)[O-])cc1C(=O)OCCCCCCCCCC.[Na+]. The number of carbonyl (C=O) groups is 2. The summed E-state index contributed by atoms with van der Waals surface area (Å²) in [6, 6.07) is 3.07. The summed E-state index contributed by atoms with van der Waals surface area (Å²) < 4.78 is 44.9. The standard InChI is InChI=1S/C28H46O7S.Na/c1-3-5-7-9-11-13-15-17-21-34-27(29)25-20-19-24(36(31,32)33)23-26(25)28(30)35-22-18-16-14-12-10-8-6-4-2;/h19-20,23H,3-18,21-22H2,1-2H3,(H,31,32,33);/q;+1/p-1. The Labute approximate surface area is 246 Å². The van der Waals surface area contributed by atoms with Crippen molar-refractivity contribution < 1.29 is 61.6 Å². The average molecular weight is 549 g/mol. The van der Waals surface area contributed by atoms with Crippen molar-refractivity contribution in [1.29, 1.82) is 0 Å². The van der Waals surface area contributed by atoms with Crippen molar-refractivity contribution in [2.24, 2.45) is 0 Å². The molecule has 0 aromatic heterocycles. The van der Waals surface area contributed by atoms with Crippen molar-refractivity contribution in [3.8, 4) is 0 Å². The number of benzene rings is 1. The molecule has 0 heterocycles. The summed E-state index contributed by atoms with van der Waals surface area (Å²) in [5, 5.41) is 0. The summed E-state index contributed by atoms with van der Waals surface area (Å²) in [6.07, 6.45) is 17.5. The second-order valence-corrected chi connectivity index (χ2v) is 10.8. The summed E-state index contributed by atoms with van der Waals surface area (Å²) in [7, 11) is -4.79. The molecule has 0 bridgehead atoms. The van der Waals surface area contributed by atoms with E-state index >= 15 is 0 Å². The smallest absolute Gasteiger partial charge is 0.744 e. The van der Waals surface area contributed by atoms with Crippen LogP contribution in [0.1, 0.15) is 137 Å². The van der Waals surface area contributed by atoms with Crippen LogP contribution in [0.4, 0.5) is 0 Å². The van der Waals surface area contributed by atoms with E-state index < -0.39 is 27.0 Å². The molecule has 0 atom stereocenters. The fourth-order valence-electron chi connectivity index (χ4n) is 3.98. The first-order valence-electron chi connectivity index (χ1n) is 13.8. The van der Waals surface area contributed by atoms with Crippen molar-refractivity contribution in [3.63, 3.8) is 0 Å². The summed E-state index contributed by atoms with van der Waals surface area (Å²) in [6.45, 7) is 4.74. The van der Waals surface area contributed by atoms with E-state index in [1.807, 2.05) is 0 Å². The van der Waals surface area contributed by atoms with Crippen LogP contribution in [-0.4, -0.2) is 38.1 Å². The number of hydrogen-bond acceptors (Lipinski definition) is 7. The molecule has 0 fully saturated rings. The molecule has 0 N–H and O–H groups in total. The normalized spacial score (nSPS) is 11.1. The molecule has 9 heteroatoms. The van der Waals surface area contributed by atoms with Crippen LogP contribution in [0, 0.1) is 0 Å². The van der Waals surface area contributed by atoms with E-state index in [1.54, 1.807) is 0 Å². The summed E-state index contributed by atoms with van der Waals surface area (Å²) in [5.41, 5.74) is -0.352. The van der Waals surface area contributed by atoms with Gasteiger partial charge in [-0.2, -0.15) is 0 Å². The molecule has 0 aliphatic rings. The Bertz CT molecular complexity index is 871. The Hall–Kier alpha value is -0.930. The minimum absolute atomic E-state index is 0. The third-order valence-electron chi connectivity index (χ3n) is 6.18. The Morgan fingerprint density at radius 2 is 1.03 bits per heavy atom. The fourth-order valence-corrected chi connectivity index (χ4v) is 4.48. The van der Waals surface area contributed by atoms with Crippen LogP contribution < -0.4 is 29.6 Å². The van der Waals surface area contributed by atoms with Gasteiger partial charge in [-0.3, -0.25) is 0 Å². The van der Waals surface area contributed by atoms with Gasteiger partial charge >= 0.3 is 41.5 Å². The molecule has 0 radical (unpaired) electrons. The van der Waals surface area contributed by atoms with E-state index in [0.29, 0.717) is 12.8 Å². The molecule has 0 saturated carbocycles. The molecule has 1 rings (SSSR count). The van der Waals surface area contributed by atoms with E-state index in [9.17, 15) is 22.6 Å². The topological polar surface area (TPSA) is 110 Å². The molecule has 1 aromatic carbocycles. The maximum absolute atomic E-state index is 12.7. The van der Waals surface area contributed by atoms with Crippen molar-refractivity contribution in [1.82, 2.24) is 0 Å². The molecule has 0 saturated heterocycles. The molecular formula is C28H45NaO7S. The van der Waals surface area contributed by atoms with Crippen LogP contribution in [0.2, 0.25) is 0 Å². The zero-order valence-corrected chi connectivity index (χ0v) is 26.0. The Morgan fingerprint density at radius 3 is 1.43 bits per heavy atom. The van der Waals surface area contributed by atoms with Gasteiger partial charge < -0.3 is 14.0 Å². The van der Waals surface area contributed by atoms with Crippen molar-refractivity contribution in [2.45, 2.75) is 121 Å². The Balaban J connectivity index is 0.0000130. The fraction of sp³-hybridized carbons (Fsp3) is 0.714. The summed E-state index contributed by atoms with van der Waals surface area (Å²) >= 11 is 0. The molecule has 0 unspecified atom stereocenters. The van der Waals surface area contributed by atoms with Gasteiger partial charge in [0, 0.05) is 0 Å². The Kier molecular flexibility index (Phi) is 21.4. The van der Waals surface area contributed by atoms with E-state index in [-0.39, 0.29) is 53.9 Å². The van der Waals surface area contributed by atoms with Crippen LogP contribution in [0.3, 0.4) is 0 Å². The number of esters is 2. The molecule has 0 amide bonds. The van der Waals surface area contributed by atoms with Gasteiger partial charge in [0.1, 0.15) is 10.1 Å². The van der Waals surface area contributed by atoms with Gasteiger partial charge in [-0.05, 0) is 31.0 Å². The van der Waals surface area contributed by atoms with E-state index in [4.69, 9.17) is 9.47 Å². The minimum atomic E-state index is -4.79. The first kappa shape index (κ1) is 36.1. The number of hydrogen-bond donors (Lipinski definition) is 0. The molecule has 0 spiro atoms. The molecule has 206 valence electrons. The molecule has 7 nitrogen and oxygen atoms in total. The molecule has 1 aromatic rings. The second kappa shape index (κ2) is 21.9. The molecule has 0 aliphatic carbocycles. The number of ether oxygens (including phenoxy) is 2. The monoisotopic (exact) mass is 548 g/mol. The zero-order valence-electron chi connectivity index (χ0n) is 23.2. The van der Waals surface area contributed by atoms with Gasteiger partial charge in [0.05, 0.1) is 29.2 Å². The van der Waals surface area contributed by atoms with Crippen molar-refractivity contribution >= 4 is 22.1 Å². The second-order valence-electron chi connectivity index (χ2n) is 9.38. The van der Waals surface area contributed by atoms with Gasteiger partial charge in [0.2, 0.25) is 0 Å². The number of unbranched alkanes of at least 4 members (excludes halogenated alkanes) is 14. The van der Waals surface area contributed by atoms with Crippen LogP contribution >= 0.6 is 0 Å². The maximum atomic E-state index is 12.7. The van der Waals surface area contributed by atoms with Crippen molar-refractivity contribution in [2.75, 3.05) is 13.2 Å². The zero-order chi connectivity index (χ0) is 26.7. The summed E-state index contributed by atoms with van der Waals surface area (Å²) in [5.74, 6) is -1.56. The third-order valence-corrected chi connectivity index (χ3v) is 7.01. The molecular weight excluding hydrogens is 503 g/mol. The van der Waals surface area contributed by atoms with Gasteiger partial charge in [-0.25, -0.2) is 18.0 Å². The molecule has 0 aliphatic heterocycles. The van der Waals surface area contributed by atoms with Crippen LogP contribution in [0.25, 0.3) is 0 Å². The van der Waals surface area contributed by atoms with Gasteiger partial charge in [-0.1, -0.05) is 104 Å². The van der Waals surface area contributed by atoms with Crippen LogP contribution in [-0.2, 0) is 19.6 Å². The first-order valence-corrected chi connectivity index (χ1v) is 15.2. The van der Waals surface area contributed by atoms with Gasteiger partial charge in [0.25, 0.3) is 0 Å². The summed E-state index contributed by atoms with van der Waals surface area (Å²) in [4.78, 5) is 24.7. The van der Waals surface area contributed by atoms with E-state index in [2.05, 4.69) is 13.8 Å². The quantitative estimate of drug-likeness (QED) is 0.0980. The maximum Gasteiger partial charge on any atom is 1.00 e. The largest absolute Gasteiger partial charge is 1.00 e. The van der Waals surface area contributed by atoms with Crippen LogP contribution in [0.15, 0.2) is 23.1 Å². The van der Waals surface area contributed by atoms with Gasteiger partial charge in [0.15, 0.2) is 0 Å².